The number of halogens is 1. The number of benzene rings is 1. The Hall–Kier alpha value is -0.810. The van der Waals surface area contributed by atoms with Crippen molar-refractivity contribution in [2.75, 3.05) is 44.2 Å². The Labute approximate surface area is 131 Å². The van der Waals surface area contributed by atoms with Gasteiger partial charge >= 0.3 is 0 Å². The third-order valence-electron chi connectivity index (χ3n) is 4.35. The largest absolute Gasteiger partial charge is 0.395 e. The standard InChI is InChI=1S/C16H24ClN3O/c17-16-11-15(4-1-13(16)12-18-14-2-3-14)20-7-5-19(6-8-20)9-10-21/h1,4,11,14,18,21H,2-3,5-10,12H2. The molecule has 1 aromatic rings. The highest BCUT2D eigenvalue weighted by Gasteiger charge is 2.21. The molecule has 2 N–H and O–H groups in total. The molecule has 0 amide bonds. The number of piperazine rings is 1. The monoisotopic (exact) mass is 309 g/mol. The molecule has 116 valence electrons. The third kappa shape index (κ3) is 4.10. The molecule has 1 saturated carbocycles. The molecule has 0 atom stereocenters. The van der Waals surface area contributed by atoms with Crippen molar-refractivity contribution in [2.24, 2.45) is 0 Å². The second-order valence-electron chi connectivity index (χ2n) is 5.98. The van der Waals surface area contributed by atoms with Crippen molar-refractivity contribution in [2.45, 2.75) is 25.4 Å². The van der Waals surface area contributed by atoms with Crippen LogP contribution < -0.4 is 10.2 Å². The van der Waals surface area contributed by atoms with Crippen molar-refractivity contribution < 1.29 is 5.11 Å². The fraction of sp³-hybridized carbons (Fsp3) is 0.625. The first-order valence-corrected chi connectivity index (χ1v) is 8.24. The van der Waals surface area contributed by atoms with E-state index in [1.165, 1.54) is 24.1 Å². The SMILES string of the molecule is OCCN1CCN(c2ccc(CNC3CC3)c(Cl)c2)CC1. The van der Waals surface area contributed by atoms with Gasteiger partial charge in [-0.05, 0) is 30.5 Å². The molecule has 1 aliphatic heterocycles. The summed E-state index contributed by atoms with van der Waals surface area (Å²) >= 11 is 6.42. The van der Waals surface area contributed by atoms with Gasteiger partial charge in [0.1, 0.15) is 0 Å². The zero-order valence-electron chi connectivity index (χ0n) is 12.4. The molecule has 0 radical (unpaired) electrons. The van der Waals surface area contributed by atoms with Crippen LogP contribution in [0.4, 0.5) is 5.69 Å². The van der Waals surface area contributed by atoms with E-state index in [2.05, 4.69) is 33.3 Å². The molecular weight excluding hydrogens is 286 g/mol. The molecule has 0 spiro atoms. The molecule has 1 aromatic carbocycles. The highest BCUT2D eigenvalue weighted by molar-refractivity contribution is 6.31. The Morgan fingerprint density at radius 2 is 1.95 bits per heavy atom. The maximum absolute atomic E-state index is 8.98. The predicted octanol–water partition coefficient (Wildman–Crippen LogP) is 1.71. The van der Waals surface area contributed by atoms with E-state index in [0.29, 0.717) is 6.04 Å². The molecule has 1 heterocycles. The van der Waals surface area contributed by atoms with E-state index in [-0.39, 0.29) is 6.61 Å². The van der Waals surface area contributed by atoms with Gasteiger partial charge in [0.05, 0.1) is 6.61 Å². The van der Waals surface area contributed by atoms with Crippen LogP contribution >= 0.6 is 11.6 Å². The van der Waals surface area contributed by atoms with Gasteiger partial charge < -0.3 is 15.3 Å². The number of aliphatic hydroxyl groups is 1. The summed E-state index contributed by atoms with van der Waals surface area (Å²) < 4.78 is 0. The number of hydrogen-bond acceptors (Lipinski definition) is 4. The van der Waals surface area contributed by atoms with Gasteiger partial charge in [-0.3, -0.25) is 4.90 Å². The normalized spacial score (nSPS) is 20.0. The molecule has 2 aliphatic rings. The Kier molecular flexibility index (Phi) is 5.01. The first-order chi connectivity index (χ1) is 10.3. The minimum absolute atomic E-state index is 0.245. The van der Waals surface area contributed by atoms with E-state index in [1.807, 2.05) is 0 Å². The van der Waals surface area contributed by atoms with Crippen LogP contribution in [0, 0.1) is 0 Å². The van der Waals surface area contributed by atoms with Crippen LogP contribution in [0.1, 0.15) is 18.4 Å². The minimum Gasteiger partial charge on any atom is -0.395 e. The molecule has 5 heteroatoms. The van der Waals surface area contributed by atoms with Gasteiger partial charge in [0, 0.05) is 56.0 Å². The number of hydrogen-bond donors (Lipinski definition) is 2. The topological polar surface area (TPSA) is 38.7 Å². The van der Waals surface area contributed by atoms with Crippen molar-refractivity contribution in [3.63, 3.8) is 0 Å². The summed E-state index contributed by atoms with van der Waals surface area (Å²) in [4.78, 5) is 4.67. The van der Waals surface area contributed by atoms with E-state index in [4.69, 9.17) is 16.7 Å². The smallest absolute Gasteiger partial charge is 0.0558 e. The summed E-state index contributed by atoms with van der Waals surface area (Å²) in [5.74, 6) is 0. The van der Waals surface area contributed by atoms with Crippen LogP contribution in [0.5, 0.6) is 0 Å². The van der Waals surface area contributed by atoms with Crippen molar-refractivity contribution in [1.82, 2.24) is 10.2 Å². The zero-order chi connectivity index (χ0) is 14.7. The predicted molar refractivity (Wildman–Crippen MR) is 87.1 cm³/mol. The molecule has 4 nitrogen and oxygen atoms in total. The van der Waals surface area contributed by atoms with E-state index < -0.39 is 0 Å². The summed E-state index contributed by atoms with van der Waals surface area (Å²) in [5, 5.41) is 13.3. The molecule has 1 aliphatic carbocycles. The van der Waals surface area contributed by atoms with Crippen molar-refractivity contribution in [1.29, 1.82) is 0 Å². The quantitative estimate of drug-likeness (QED) is 0.839. The molecule has 21 heavy (non-hydrogen) atoms. The number of anilines is 1. The average molecular weight is 310 g/mol. The number of rotatable bonds is 6. The van der Waals surface area contributed by atoms with Gasteiger partial charge in [-0.15, -0.1) is 0 Å². The van der Waals surface area contributed by atoms with E-state index in [9.17, 15) is 0 Å². The molecule has 1 saturated heterocycles. The highest BCUT2D eigenvalue weighted by Crippen LogP contribution is 2.26. The Morgan fingerprint density at radius 1 is 1.19 bits per heavy atom. The molecular formula is C16H24ClN3O. The zero-order valence-corrected chi connectivity index (χ0v) is 13.1. The van der Waals surface area contributed by atoms with Crippen LogP contribution in [-0.4, -0.2) is 55.4 Å². The summed E-state index contributed by atoms with van der Waals surface area (Å²) in [6, 6.07) is 7.12. The van der Waals surface area contributed by atoms with Gasteiger partial charge in [0.25, 0.3) is 0 Å². The molecule has 3 rings (SSSR count). The second kappa shape index (κ2) is 6.97. The summed E-state index contributed by atoms with van der Waals surface area (Å²) in [6.07, 6.45) is 2.60. The number of β-amino-alcohol motifs (C(OH)–C–C–N with tert-alkyl or cyclic N) is 1. The summed E-state index contributed by atoms with van der Waals surface area (Å²) in [5.41, 5.74) is 2.39. The van der Waals surface area contributed by atoms with Crippen molar-refractivity contribution in [3.05, 3.63) is 28.8 Å². The van der Waals surface area contributed by atoms with Gasteiger partial charge in [0.15, 0.2) is 0 Å². The Bertz CT molecular complexity index is 471. The van der Waals surface area contributed by atoms with Crippen LogP contribution in [-0.2, 0) is 6.54 Å². The van der Waals surface area contributed by atoms with Gasteiger partial charge in [-0.25, -0.2) is 0 Å². The lowest BCUT2D eigenvalue weighted by Crippen LogP contribution is -2.47. The molecule has 0 aromatic heterocycles. The van der Waals surface area contributed by atoms with Crippen LogP contribution in [0.25, 0.3) is 0 Å². The number of nitrogens with one attached hydrogen (secondary N) is 1. The van der Waals surface area contributed by atoms with E-state index in [0.717, 1.165) is 44.3 Å². The lowest BCUT2D eigenvalue weighted by molar-refractivity contribution is 0.189. The lowest BCUT2D eigenvalue weighted by Gasteiger charge is -2.36. The van der Waals surface area contributed by atoms with E-state index >= 15 is 0 Å². The maximum Gasteiger partial charge on any atom is 0.0558 e. The van der Waals surface area contributed by atoms with Crippen LogP contribution in [0.3, 0.4) is 0 Å². The van der Waals surface area contributed by atoms with Crippen LogP contribution in [0.2, 0.25) is 5.02 Å². The number of aliphatic hydroxyl groups excluding tert-OH is 1. The fourth-order valence-electron chi connectivity index (χ4n) is 2.79. The minimum atomic E-state index is 0.245. The van der Waals surface area contributed by atoms with E-state index in [1.54, 1.807) is 0 Å². The van der Waals surface area contributed by atoms with Gasteiger partial charge in [-0.1, -0.05) is 17.7 Å². The first-order valence-electron chi connectivity index (χ1n) is 7.86. The van der Waals surface area contributed by atoms with Crippen molar-refractivity contribution in [3.8, 4) is 0 Å². The second-order valence-corrected chi connectivity index (χ2v) is 6.39. The Morgan fingerprint density at radius 3 is 2.57 bits per heavy atom. The first kappa shape index (κ1) is 15.1. The molecule has 2 fully saturated rings. The molecule has 0 bridgehead atoms. The average Bonchev–Trinajstić information content (AvgIpc) is 3.31. The summed E-state index contributed by atoms with van der Waals surface area (Å²) in [7, 11) is 0. The highest BCUT2D eigenvalue weighted by atomic mass is 35.5. The van der Waals surface area contributed by atoms with Crippen molar-refractivity contribution >= 4 is 17.3 Å². The lowest BCUT2D eigenvalue weighted by atomic mass is 10.1. The van der Waals surface area contributed by atoms with Gasteiger partial charge in [-0.2, -0.15) is 0 Å². The molecule has 0 unspecified atom stereocenters. The maximum atomic E-state index is 8.98. The van der Waals surface area contributed by atoms with Crippen LogP contribution in [0.15, 0.2) is 18.2 Å². The Balaban J connectivity index is 1.57. The number of nitrogens with zero attached hydrogens (tertiary/aromatic N) is 2. The fourth-order valence-corrected chi connectivity index (χ4v) is 3.03. The summed E-state index contributed by atoms with van der Waals surface area (Å²) in [6.45, 7) is 5.89. The third-order valence-corrected chi connectivity index (χ3v) is 4.70. The van der Waals surface area contributed by atoms with Gasteiger partial charge in [0.2, 0.25) is 0 Å².